The number of carbonyl (C=O) groups excluding carboxylic acids is 2. The lowest BCUT2D eigenvalue weighted by Gasteiger charge is -2.36. The quantitative estimate of drug-likeness (QED) is 0.855. The zero-order valence-electron chi connectivity index (χ0n) is 15.0. The fourth-order valence-corrected chi connectivity index (χ4v) is 4.28. The predicted octanol–water partition coefficient (Wildman–Crippen LogP) is 3.11. The van der Waals surface area contributed by atoms with Crippen molar-refractivity contribution in [1.82, 2.24) is 4.90 Å². The number of likely N-dealkylation sites (tertiary alicyclic amines) is 1. The first kappa shape index (κ1) is 17.0. The largest absolute Gasteiger partial charge is 0.342 e. The molecule has 0 spiro atoms. The van der Waals surface area contributed by atoms with Crippen molar-refractivity contribution in [3.63, 3.8) is 0 Å². The molecule has 2 heterocycles. The molecule has 0 unspecified atom stereocenters. The highest BCUT2D eigenvalue weighted by molar-refractivity contribution is 6.00. The van der Waals surface area contributed by atoms with E-state index < -0.39 is 0 Å². The molecule has 4 heteroatoms. The molecule has 2 fully saturated rings. The molecule has 0 radical (unpaired) electrons. The molecule has 130 valence electrons. The second kappa shape index (κ2) is 6.96. The molecule has 3 atom stereocenters. The lowest BCUT2D eigenvalue weighted by Crippen LogP contribution is -2.45. The van der Waals surface area contributed by atoms with Gasteiger partial charge in [0.1, 0.15) is 0 Å². The number of hydrogen-bond acceptors (Lipinski definition) is 2. The fourth-order valence-electron chi connectivity index (χ4n) is 4.28. The second-order valence-corrected chi connectivity index (χ2v) is 7.58. The van der Waals surface area contributed by atoms with E-state index in [4.69, 9.17) is 0 Å². The number of nitrogens with zero attached hydrogens (tertiary/aromatic N) is 2. The molecular weight excluding hydrogens is 300 g/mol. The van der Waals surface area contributed by atoms with Gasteiger partial charge in [-0.05, 0) is 36.3 Å². The van der Waals surface area contributed by atoms with Gasteiger partial charge < -0.3 is 9.80 Å². The number of piperidine rings is 1. The van der Waals surface area contributed by atoms with E-state index in [1.54, 1.807) is 0 Å². The average Bonchev–Trinajstić information content (AvgIpc) is 2.94. The van der Waals surface area contributed by atoms with Gasteiger partial charge in [0, 0.05) is 31.7 Å². The summed E-state index contributed by atoms with van der Waals surface area (Å²) in [7, 11) is 0. The van der Waals surface area contributed by atoms with Crippen LogP contribution in [0.4, 0.5) is 5.69 Å². The number of carbonyl (C=O) groups is 2. The van der Waals surface area contributed by atoms with E-state index >= 15 is 0 Å². The van der Waals surface area contributed by atoms with Crippen LogP contribution < -0.4 is 4.90 Å². The highest BCUT2D eigenvalue weighted by atomic mass is 16.2. The zero-order valence-corrected chi connectivity index (χ0v) is 15.0. The van der Waals surface area contributed by atoms with Gasteiger partial charge in [-0.2, -0.15) is 0 Å². The molecule has 0 aliphatic carbocycles. The van der Waals surface area contributed by atoms with Crippen molar-refractivity contribution in [3.8, 4) is 0 Å². The van der Waals surface area contributed by atoms with Crippen LogP contribution in [0.2, 0.25) is 0 Å². The van der Waals surface area contributed by atoms with E-state index in [0.717, 1.165) is 25.2 Å². The monoisotopic (exact) mass is 328 g/mol. The summed E-state index contributed by atoms with van der Waals surface area (Å²) in [6, 6.07) is 8.02. The molecule has 3 rings (SSSR count). The third-order valence-corrected chi connectivity index (χ3v) is 5.32. The van der Waals surface area contributed by atoms with Crippen LogP contribution in [-0.2, 0) is 16.0 Å². The highest BCUT2D eigenvalue weighted by Gasteiger charge is 2.39. The summed E-state index contributed by atoms with van der Waals surface area (Å²) in [5, 5.41) is 0. The highest BCUT2D eigenvalue weighted by Crippen LogP contribution is 2.31. The van der Waals surface area contributed by atoms with Crippen LogP contribution in [0.15, 0.2) is 24.3 Å². The maximum atomic E-state index is 12.9. The molecule has 2 aliphatic heterocycles. The van der Waals surface area contributed by atoms with E-state index in [0.29, 0.717) is 24.8 Å². The maximum Gasteiger partial charge on any atom is 0.228 e. The van der Waals surface area contributed by atoms with Gasteiger partial charge in [0.2, 0.25) is 11.8 Å². The van der Waals surface area contributed by atoms with E-state index in [-0.39, 0.29) is 17.7 Å². The summed E-state index contributed by atoms with van der Waals surface area (Å²) >= 11 is 0. The summed E-state index contributed by atoms with van der Waals surface area (Å²) in [6.07, 6.45) is 2.42. The SMILES string of the molecule is CCc1ccccc1N1C[C@H](C(=O)N2C[C@H](C)C[C@H](C)C2)CC1=O. The van der Waals surface area contributed by atoms with Crippen molar-refractivity contribution in [1.29, 1.82) is 0 Å². The molecule has 1 aromatic carbocycles. The van der Waals surface area contributed by atoms with E-state index in [1.165, 1.54) is 12.0 Å². The third-order valence-electron chi connectivity index (χ3n) is 5.32. The van der Waals surface area contributed by atoms with Crippen LogP contribution in [0.25, 0.3) is 0 Å². The van der Waals surface area contributed by atoms with Crippen molar-refractivity contribution < 1.29 is 9.59 Å². The molecule has 0 aromatic heterocycles. The minimum atomic E-state index is -0.195. The van der Waals surface area contributed by atoms with Crippen LogP contribution >= 0.6 is 0 Å². The van der Waals surface area contributed by atoms with Crippen LogP contribution in [0.5, 0.6) is 0 Å². The van der Waals surface area contributed by atoms with Gasteiger partial charge in [-0.25, -0.2) is 0 Å². The number of benzene rings is 1. The third kappa shape index (κ3) is 3.33. The molecule has 0 saturated carbocycles. The topological polar surface area (TPSA) is 40.6 Å². The van der Waals surface area contributed by atoms with Crippen LogP contribution in [0, 0.1) is 17.8 Å². The first-order valence-corrected chi connectivity index (χ1v) is 9.16. The summed E-state index contributed by atoms with van der Waals surface area (Å²) in [5.41, 5.74) is 2.14. The Morgan fingerprint density at radius 1 is 1.12 bits per heavy atom. The van der Waals surface area contributed by atoms with Gasteiger partial charge in [-0.15, -0.1) is 0 Å². The standard InChI is InChI=1S/C20H28N2O2/c1-4-16-7-5-6-8-18(16)22-13-17(10-19(22)23)20(24)21-11-14(2)9-15(3)12-21/h5-8,14-15,17H,4,9-13H2,1-3H3/t14-,15+,17-/m1/s1. The molecule has 1 aromatic rings. The Labute approximate surface area is 144 Å². The van der Waals surface area contributed by atoms with Gasteiger partial charge in [-0.1, -0.05) is 39.0 Å². The summed E-state index contributed by atoms with van der Waals surface area (Å²) in [4.78, 5) is 29.2. The second-order valence-electron chi connectivity index (χ2n) is 7.58. The number of para-hydroxylation sites is 1. The lowest BCUT2D eigenvalue weighted by atomic mass is 9.91. The van der Waals surface area contributed by atoms with Crippen molar-refractivity contribution in [3.05, 3.63) is 29.8 Å². The smallest absolute Gasteiger partial charge is 0.228 e. The van der Waals surface area contributed by atoms with Crippen molar-refractivity contribution >= 4 is 17.5 Å². The minimum absolute atomic E-state index is 0.0763. The molecule has 0 bridgehead atoms. The molecule has 2 amide bonds. The Morgan fingerprint density at radius 2 is 1.79 bits per heavy atom. The number of hydrogen-bond donors (Lipinski definition) is 0. The van der Waals surface area contributed by atoms with Gasteiger partial charge in [0.15, 0.2) is 0 Å². The first-order chi connectivity index (χ1) is 11.5. The lowest BCUT2D eigenvalue weighted by molar-refractivity contribution is -0.138. The first-order valence-electron chi connectivity index (χ1n) is 9.16. The van der Waals surface area contributed by atoms with Gasteiger partial charge in [-0.3, -0.25) is 9.59 Å². The Bertz CT molecular complexity index is 618. The van der Waals surface area contributed by atoms with Crippen LogP contribution in [-0.4, -0.2) is 36.3 Å². The van der Waals surface area contributed by atoms with E-state index in [9.17, 15) is 9.59 Å². The van der Waals surface area contributed by atoms with Crippen LogP contribution in [0.1, 0.15) is 39.2 Å². The van der Waals surface area contributed by atoms with Gasteiger partial charge >= 0.3 is 0 Å². The maximum absolute atomic E-state index is 12.9. The van der Waals surface area contributed by atoms with Crippen molar-refractivity contribution in [2.24, 2.45) is 17.8 Å². The average molecular weight is 328 g/mol. The van der Waals surface area contributed by atoms with Crippen LogP contribution in [0.3, 0.4) is 0 Å². The summed E-state index contributed by atoms with van der Waals surface area (Å²) in [6.45, 7) is 8.70. The Morgan fingerprint density at radius 3 is 2.46 bits per heavy atom. The normalized spacial score (nSPS) is 27.6. The molecule has 4 nitrogen and oxygen atoms in total. The number of anilines is 1. The Balaban J connectivity index is 1.73. The Kier molecular flexibility index (Phi) is 4.93. The fraction of sp³-hybridized carbons (Fsp3) is 0.600. The summed E-state index contributed by atoms with van der Waals surface area (Å²) in [5.74, 6) is 1.14. The number of rotatable bonds is 3. The molecule has 0 N–H and O–H groups in total. The number of amides is 2. The summed E-state index contributed by atoms with van der Waals surface area (Å²) < 4.78 is 0. The van der Waals surface area contributed by atoms with E-state index in [1.807, 2.05) is 28.0 Å². The van der Waals surface area contributed by atoms with Gasteiger partial charge in [0.05, 0.1) is 5.92 Å². The molecular formula is C20H28N2O2. The van der Waals surface area contributed by atoms with Gasteiger partial charge in [0.25, 0.3) is 0 Å². The Hall–Kier alpha value is -1.84. The predicted molar refractivity (Wildman–Crippen MR) is 95.8 cm³/mol. The minimum Gasteiger partial charge on any atom is -0.342 e. The van der Waals surface area contributed by atoms with Crippen molar-refractivity contribution in [2.75, 3.05) is 24.5 Å². The zero-order chi connectivity index (χ0) is 17.3. The number of aryl methyl sites for hydroxylation is 1. The van der Waals surface area contributed by atoms with E-state index in [2.05, 4.69) is 26.8 Å². The van der Waals surface area contributed by atoms with Crippen molar-refractivity contribution in [2.45, 2.75) is 40.0 Å². The molecule has 2 aliphatic rings. The molecule has 24 heavy (non-hydrogen) atoms. The molecule has 2 saturated heterocycles.